The normalized spacial score (nSPS) is 20.3. The summed E-state index contributed by atoms with van der Waals surface area (Å²) in [7, 11) is 0. The van der Waals surface area contributed by atoms with Crippen molar-refractivity contribution in [1.29, 1.82) is 0 Å². The van der Waals surface area contributed by atoms with Crippen LogP contribution in [0.5, 0.6) is 0 Å². The number of rotatable bonds is 2. The second kappa shape index (κ2) is 5.01. The van der Waals surface area contributed by atoms with Crippen LogP contribution in [0.25, 0.3) is 0 Å². The molecule has 0 heterocycles. The number of benzene rings is 1. The Bertz CT molecular complexity index is 368. The number of aryl methyl sites for hydroxylation is 3. The lowest BCUT2D eigenvalue weighted by Crippen LogP contribution is -2.03. The number of aliphatic hydroxyl groups excluding tert-OH is 1. The van der Waals surface area contributed by atoms with Crippen LogP contribution in [0.1, 0.15) is 61.5 Å². The SMILES string of the molecule is CCc1cc2c(cc1CC)[C@H](O)CCCC2. The summed E-state index contributed by atoms with van der Waals surface area (Å²) in [4.78, 5) is 0. The van der Waals surface area contributed by atoms with E-state index in [0.717, 1.165) is 32.1 Å². The molecule has 1 nitrogen and oxygen atoms in total. The predicted octanol–water partition coefficient (Wildman–Crippen LogP) is 3.57. The summed E-state index contributed by atoms with van der Waals surface area (Å²) in [5.41, 5.74) is 5.48. The Labute approximate surface area is 98.5 Å². The Hall–Kier alpha value is -0.820. The topological polar surface area (TPSA) is 20.2 Å². The van der Waals surface area contributed by atoms with E-state index in [1.807, 2.05) is 0 Å². The van der Waals surface area contributed by atoms with Gasteiger partial charge in [-0.15, -0.1) is 0 Å². The largest absolute Gasteiger partial charge is 0.388 e. The minimum absolute atomic E-state index is 0.228. The lowest BCUT2D eigenvalue weighted by molar-refractivity contribution is 0.166. The van der Waals surface area contributed by atoms with Crippen molar-refractivity contribution >= 4 is 0 Å². The van der Waals surface area contributed by atoms with Gasteiger partial charge in [-0.1, -0.05) is 32.4 Å². The van der Waals surface area contributed by atoms with Gasteiger partial charge in [-0.2, -0.15) is 0 Å². The molecular weight excluding hydrogens is 196 g/mol. The molecule has 0 aromatic heterocycles. The van der Waals surface area contributed by atoms with E-state index in [4.69, 9.17) is 0 Å². The van der Waals surface area contributed by atoms with Gasteiger partial charge in [0.05, 0.1) is 6.10 Å². The van der Waals surface area contributed by atoms with Gasteiger partial charge in [-0.05, 0) is 54.4 Å². The van der Waals surface area contributed by atoms with E-state index < -0.39 is 0 Å². The first-order valence-corrected chi connectivity index (χ1v) is 6.58. The standard InChI is InChI=1S/C15H22O/c1-3-11-9-13-7-5-6-8-15(16)14(13)10-12(11)4-2/h9-10,15-16H,3-8H2,1-2H3/t15-/m1/s1. The maximum Gasteiger partial charge on any atom is 0.0792 e. The van der Waals surface area contributed by atoms with E-state index in [-0.39, 0.29) is 6.10 Å². The highest BCUT2D eigenvalue weighted by Gasteiger charge is 2.17. The van der Waals surface area contributed by atoms with Gasteiger partial charge in [0.1, 0.15) is 0 Å². The second-order valence-electron chi connectivity index (χ2n) is 4.79. The molecule has 0 aliphatic heterocycles. The molecule has 1 aromatic carbocycles. The Morgan fingerprint density at radius 2 is 1.81 bits per heavy atom. The number of fused-ring (bicyclic) bond motifs is 1. The van der Waals surface area contributed by atoms with Crippen molar-refractivity contribution in [2.45, 2.75) is 58.5 Å². The van der Waals surface area contributed by atoms with Crippen LogP contribution < -0.4 is 0 Å². The average Bonchev–Trinajstić information content (AvgIpc) is 2.49. The first kappa shape index (κ1) is 11.7. The van der Waals surface area contributed by atoms with Gasteiger partial charge >= 0.3 is 0 Å². The molecule has 0 radical (unpaired) electrons. The Kier molecular flexibility index (Phi) is 3.65. The van der Waals surface area contributed by atoms with Crippen LogP contribution in [0.15, 0.2) is 12.1 Å². The third-order valence-electron chi connectivity index (χ3n) is 3.76. The second-order valence-corrected chi connectivity index (χ2v) is 4.79. The molecule has 1 N–H and O–H groups in total. The smallest absolute Gasteiger partial charge is 0.0792 e. The summed E-state index contributed by atoms with van der Waals surface area (Å²) in [6.45, 7) is 4.41. The van der Waals surface area contributed by atoms with E-state index >= 15 is 0 Å². The van der Waals surface area contributed by atoms with Crippen LogP contribution >= 0.6 is 0 Å². The van der Waals surface area contributed by atoms with Gasteiger partial charge in [-0.25, -0.2) is 0 Å². The van der Waals surface area contributed by atoms with Crippen molar-refractivity contribution in [2.75, 3.05) is 0 Å². The fraction of sp³-hybridized carbons (Fsp3) is 0.600. The zero-order valence-corrected chi connectivity index (χ0v) is 10.4. The van der Waals surface area contributed by atoms with Crippen LogP contribution in [-0.2, 0) is 19.3 Å². The minimum atomic E-state index is -0.228. The van der Waals surface area contributed by atoms with Crippen molar-refractivity contribution in [1.82, 2.24) is 0 Å². The molecule has 16 heavy (non-hydrogen) atoms. The van der Waals surface area contributed by atoms with Gasteiger partial charge in [0.15, 0.2) is 0 Å². The number of hydrogen-bond donors (Lipinski definition) is 1. The third kappa shape index (κ3) is 2.15. The summed E-state index contributed by atoms with van der Waals surface area (Å²) in [6.07, 6.45) is 6.40. The molecule has 0 saturated heterocycles. The third-order valence-corrected chi connectivity index (χ3v) is 3.76. The van der Waals surface area contributed by atoms with Crippen molar-refractivity contribution < 1.29 is 5.11 Å². The quantitative estimate of drug-likeness (QED) is 0.752. The lowest BCUT2D eigenvalue weighted by Gasteiger charge is -2.16. The molecule has 0 bridgehead atoms. The molecule has 0 fully saturated rings. The highest BCUT2D eigenvalue weighted by atomic mass is 16.3. The van der Waals surface area contributed by atoms with Crippen molar-refractivity contribution in [2.24, 2.45) is 0 Å². The molecule has 1 aliphatic carbocycles. The van der Waals surface area contributed by atoms with Gasteiger partial charge in [0, 0.05) is 0 Å². The Balaban J connectivity index is 2.47. The van der Waals surface area contributed by atoms with Crippen LogP contribution in [0.3, 0.4) is 0 Å². The highest BCUT2D eigenvalue weighted by molar-refractivity contribution is 5.40. The molecule has 0 unspecified atom stereocenters. The number of aliphatic hydroxyl groups is 1. The molecule has 0 spiro atoms. The monoisotopic (exact) mass is 218 g/mol. The summed E-state index contributed by atoms with van der Waals surface area (Å²) in [5.74, 6) is 0. The molecular formula is C15H22O. The van der Waals surface area contributed by atoms with Crippen LogP contribution in [0.2, 0.25) is 0 Å². The molecule has 1 heteroatoms. The van der Waals surface area contributed by atoms with E-state index in [1.54, 1.807) is 0 Å². The molecule has 0 amide bonds. The first-order chi connectivity index (χ1) is 7.76. The van der Waals surface area contributed by atoms with E-state index in [2.05, 4.69) is 26.0 Å². The van der Waals surface area contributed by atoms with Crippen molar-refractivity contribution in [3.63, 3.8) is 0 Å². The van der Waals surface area contributed by atoms with Crippen molar-refractivity contribution in [3.05, 3.63) is 34.4 Å². The maximum atomic E-state index is 10.1. The van der Waals surface area contributed by atoms with Crippen LogP contribution in [-0.4, -0.2) is 5.11 Å². The van der Waals surface area contributed by atoms with Gasteiger partial charge in [0.25, 0.3) is 0 Å². The summed E-state index contributed by atoms with van der Waals surface area (Å²) in [6, 6.07) is 4.59. The molecule has 88 valence electrons. The maximum absolute atomic E-state index is 10.1. The van der Waals surface area contributed by atoms with Gasteiger partial charge in [-0.3, -0.25) is 0 Å². The van der Waals surface area contributed by atoms with Crippen LogP contribution in [0.4, 0.5) is 0 Å². The van der Waals surface area contributed by atoms with E-state index in [1.165, 1.54) is 28.7 Å². The Morgan fingerprint density at radius 1 is 1.12 bits per heavy atom. The zero-order chi connectivity index (χ0) is 11.5. The minimum Gasteiger partial charge on any atom is -0.388 e. The van der Waals surface area contributed by atoms with E-state index in [9.17, 15) is 5.11 Å². The summed E-state index contributed by atoms with van der Waals surface area (Å²) < 4.78 is 0. The summed E-state index contributed by atoms with van der Waals surface area (Å²) in [5, 5.41) is 10.1. The Morgan fingerprint density at radius 3 is 2.50 bits per heavy atom. The molecule has 2 rings (SSSR count). The molecule has 1 atom stereocenters. The average molecular weight is 218 g/mol. The molecule has 1 aliphatic rings. The predicted molar refractivity (Wildman–Crippen MR) is 67.7 cm³/mol. The van der Waals surface area contributed by atoms with E-state index in [0.29, 0.717) is 0 Å². The lowest BCUT2D eigenvalue weighted by atomic mass is 9.92. The molecule has 0 saturated carbocycles. The fourth-order valence-corrected chi connectivity index (χ4v) is 2.75. The van der Waals surface area contributed by atoms with Crippen LogP contribution in [0, 0.1) is 0 Å². The number of hydrogen-bond acceptors (Lipinski definition) is 1. The fourth-order valence-electron chi connectivity index (χ4n) is 2.75. The van der Waals surface area contributed by atoms with Gasteiger partial charge in [0.2, 0.25) is 0 Å². The zero-order valence-electron chi connectivity index (χ0n) is 10.4. The van der Waals surface area contributed by atoms with Gasteiger partial charge < -0.3 is 5.11 Å². The summed E-state index contributed by atoms with van der Waals surface area (Å²) >= 11 is 0. The highest BCUT2D eigenvalue weighted by Crippen LogP contribution is 2.31. The first-order valence-electron chi connectivity index (χ1n) is 6.58. The molecule has 1 aromatic rings. The van der Waals surface area contributed by atoms with Crippen molar-refractivity contribution in [3.8, 4) is 0 Å².